The molecule has 12 aliphatic carbocycles. The summed E-state index contributed by atoms with van der Waals surface area (Å²) in [7, 11) is 1.92. The van der Waals surface area contributed by atoms with Crippen molar-refractivity contribution in [2.75, 3.05) is 19.3 Å². The van der Waals surface area contributed by atoms with Gasteiger partial charge in [-0.2, -0.15) is 0 Å². The van der Waals surface area contributed by atoms with Crippen LogP contribution < -0.4 is 16.4 Å². The maximum absolute atomic E-state index is 16.9. The lowest BCUT2D eigenvalue weighted by Gasteiger charge is -2.76. The zero-order chi connectivity index (χ0) is 63.6. The van der Waals surface area contributed by atoms with Crippen LogP contribution in [0.15, 0.2) is 96.2 Å². The highest BCUT2D eigenvalue weighted by Crippen LogP contribution is 2.82. The Hall–Kier alpha value is -4.20. The monoisotopic (exact) mass is 1240 g/mol. The Balaban J connectivity index is 0.936. The molecule has 11 nitrogen and oxygen atoms in total. The van der Waals surface area contributed by atoms with Crippen molar-refractivity contribution in [2.24, 2.45) is 110 Å². The number of hydrogen-bond acceptors (Lipinski definition) is 11. The number of epoxide rings is 1. The number of carbonyl (C=O) groups is 2. The van der Waals surface area contributed by atoms with Gasteiger partial charge in [0, 0.05) is 48.0 Å². The normalized spacial score (nSPS) is 47.6. The Bertz CT molecular complexity index is 3360. The summed E-state index contributed by atoms with van der Waals surface area (Å²) in [4.78, 5) is 33.6. The Morgan fingerprint density at radius 1 is 0.846 bits per heavy atom. The van der Waals surface area contributed by atoms with Gasteiger partial charge in [-0.1, -0.05) is 139 Å². The average molecular weight is 1240 g/mol. The first-order valence-corrected chi connectivity index (χ1v) is 36.6. The number of aliphatic hydroxyl groups is 4. The van der Waals surface area contributed by atoms with Gasteiger partial charge in [-0.3, -0.25) is 9.59 Å². The zero-order valence-electron chi connectivity index (χ0n) is 56.0. The average Bonchev–Trinajstić information content (AvgIpc) is 1.64. The molecule has 5 saturated carbocycles. The number of anilines is 1. The highest BCUT2D eigenvalue weighted by atomic mass is 16.6. The van der Waals surface area contributed by atoms with E-state index < -0.39 is 69.1 Å². The summed E-state index contributed by atoms with van der Waals surface area (Å²) >= 11 is 0. The van der Waals surface area contributed by atoms with Gasteiger partial charge in [0.2, 0.25) is 0 Å². The first-order chi connectivity index (χ1) is 43.5. The number of nitrogen functional groups attached to an aromatic ring is 1. The van der Waals surface area contributed by atoms with Crippen LogP contribution in [0.4, 0.5) is 5.69 Å². The number of nitrogens with two attached hydrogens (primary N) is 1. The van der Waals surface area contributed by atoms with Crippen molar-refractivity contribution in [3.8, 4) is 5.75 Å². The molecule has 10 bridgehead atoms. The predicted octanol–water partition coefficient (Wildman–Crippen LogP) is 12.8. The minimum Gasteiger partial charge on any atom is -0.508 e. The summed E-state index contributed by atoms with van der Waals surface area (Å²) in [6, 6.07) is 12.3. The number of carbonyl (C=O) groups excluding carboxylic acids is 2. The van der Waals surface area contributed by atoms with E-state index in [9.17, 15) is 25.5 Å². The number of phenolic OH excluding ortho intramolecular Hbond substituents is 1. The molecule has 2 spiro atoms. The van der Waals surface area contributed by atoms with Crippen LogP contribution in [0.25, 0.3) is 0 Å². The van der Waals surface area contributed by atoms with Crippen LogP contribution >= 0.6 is 0 Å². The van der Waals surface area contributed by atoms with Crippen molar-refractivity contribution in [1.29, 1.82) is 0 Å². The van der Waals surface area contributed by atoms with Gasteiger partial charge in [-0.15, -0.1) is 0 Å². The van der Waals surface area contributed by atoms with Crippen molar-refractivity contribution in [3.05, 3.63) is 118 Å². The fraction of sp³-hybridized carbons (Fsp3) is 0.700. The predicted molar refractivity (Wildman–Crippen MR) is 357 cm³/mol. The lowest BCUT2D eigenvalue weighted by atomic mass is 9.28. The molecule has 2 aliphatic heterocycles. The topological polar surface area (TPSA) is 198 Å². The number of ketones is 2. The first kappa shape index (κ1) is 62.9. The molecule has 0 unspecified atom stereocenters. The lowest BCUT2D eigenvalue weighted by Crippen LogP contribution is -2.75. The van der Waals surface area contributed by atoms with Crippen LogP contribution in [-0.4, -0.2) is 92.4 Å². The smallest absolute Gasteiger partial charge is 0.160 e. The first-order valence-electron chi connectivity index (χ1n) is 36.6. The van der Waals surface area contributed by atoms with Crippen LogP contribution in [-0.2, 0) is 27.3 Å². The van der Waals surface area contributed by atoms with Gasteiger partial charge in [-0.25, -0.2) is 0 Å². The van der Waals surface area contributed by atoms with E-state index in [-0.39, 0.29) is 106 Å². The molecule has 2 aromatic carbocycles. The quantitative estimate of drug-likeness (QED) is 0.0411. The number of phenols is 1. The third-order valence-electron chi connectivity index (χ3n) is 29.0. The molecule has 2 saturated heterocycles. The molecule has 0 amide bonds. The van der Waals surface area contributed by atoms with Crippen LogP contribution in [0.1, 0.15) is 192 Å². The number of nitrogens with one attached hydrogen (secondary N) is 2. The second-order valence-electron chi connectivity index (χ2n) is 34.1. The molecule has 2 heterocycles. The largest absolute Gasteiger partial charge is 0.508 e. The number of benzene rings is 2. The molecule has 0 aromatic heterocycles. The SMILES string of the molecule is CCCCC[C@H]1[C@H]2C=C[C@@H](O)[C@@H]1[C@]13C[C@@H]4NC[C@](C)(O)CCCC[C@@]56CC=C[C@@H]([C@@H](c7cc(O)cc(CNC)c7)C5=O)[C@@](C)([C@H]1CCC1=C(C(=O)C[C@@]13C)[C@H]1[C@H]([C@@H](O)[C@H]3O[C@]3(C)[C@@H]3CCC[C@H]3c3cc(N)cc(CC(C)C)c3)C=C[C@@H]3[C@H]5C[C@H](C=C[C@@H]5O)[C@H]2[C@@H]31)[C@@H]46. The van der Waals surface area contributed by atoms with E-state index in [1.54, 1.807) is 0 Å². The third kappa shape index (κ3) is 9.35. The Morgan fingerprint density at radius 2 is 1.63 bits per heavy atom. The summed E-state index contributed by atoms with van der Waals surface area (Å²) in [5.41, 5.74) is 9.73. The van der Waals surface area contributed by atoms with Crippen molar-refractivity contribution < 1.29 is 39.9 Å². The lowest BCUT2D eigenvalue weighted by molar-refractivity contribution is -0.252. The van der Waals surface area contributed by atoms with Gasteiger partial charge in [-0.05, 0) is 243 Å². The number of β-amino-alcohol motifs (C(OH)–C–C–N with tert-alkyl or cyclic N) is 1. The molecule has 492 valence electrons. The molecule has 14 aliphatic rings. The van der Waals surface area contributed by atoms with Gasteiger partial charge < -0.3 is 46.6 Å². The molecule has 2 aromatic rings. The number of allylic oxidation sites excluding steroid dienone is 7. The second kappa shape index (κ2) is 22.7. The van der Waals surface area contributed by atoms with E-state index in [1.165, 1.54) is 16.7 Å². The summed E-state index contributed by atoms with van der Waals surface area (Å²) in [5.74, 6) is -0.299. The number of unbranched alkanes of at least 4 members (excludes halogenated alkanes) is 2. The van der Waals surface area contributed by atoms with Crippen LogP contribution in [0.2, 0.25) is 0 Å². The van der Waals surface area contributed by atoms with E-state index in [2.05, 4.69) is 125 Å². The molecular weight excluding hydrogens is 1130 g/mol. The van der Waals surface area contributed by atoms with Gasteiger partial charge in [0.1, 0.15) is 17.6 Å². The molecular formula is C80H109N3O8. The van der Waals surface area contributed by atoms with Crippen LogP contribution in [0.5, 0.6) is 5.75 Å². The number of aromatic hydroxyl groups is 1. The molecule has 27 atom stereocenters. The maximum atomic E-state index is 16.9. The zero-order valence-corrected chi connectivity index (χ0v) is 56.0. The fourth-order valence-corrected chi connectivity index (χ4v) is 26.0. The summed E-state index contributed by atoms with van der Waals surface area (Å²) in [6.07, 6.45) is 30.9. The number of aliphatic hydroxyl groups excluding tert-OH is 3. The molecule has 91 heavy (non-hydrogen) atoms. The Labute approximate surface area is 543 Å². The van der Waals surface area contributed by atoms with Gasteiger partial charge in [0.05, 0.1) is 35.4 Å². The van der Waals surface area contributed by atoms with E-state index in [0.29, 0.717) is 57.5 Å². The summed E-state index contributed by atoms with van der Waals surface area (Å²) in [6.45, 7) is 17.0. The van der Waals surface area contributed by atoms with Crippen LogP contribution in [0.3, 0.4) is 0 Å². The highest BCUT2D eigenvalue weighted by molar-refractivity contribution is 6.01. The van der Waals surface area contributed by atoms with E-state index in [4.69, 9.17) is 10.5 Å². The molecule has 9 N–H and O–H groups in total. The van der Waals surface area contributed by atoms with Gasteiger partial charge >= 0.3 is 0 Å². The second-order valence-corrected chi connectivity index (χ2v) is 34.1. The van der Waals surface area contributed by atoms with Crippen molar-refractivity contribution in [1.82, 2.24) is 10.6 Å². The van der Waals surface area contributed by atoms with E-state index in [0.717, 1.165) is 99.4 Å². The number of ether oxygens (including phenoxy) is 1. The van der Waals surface area contributed by atoms with Crippen LogP contribution in [0, 0.1) is 110 Å². The molecule has 7 fully saturated rings. The highest BCUT2D eigenvalue weighted by Gasteiger charge is 2.80. The minimum absolute atomic E-state index is 0.0282. The minimum atomic E-state index is -0.993. The Kier molecular flexibility index (Phi) is 15.7. The fourth-order valence-electron chi connectivity index (χ4n) is 26.0. The summed E-state index contributed by atoms with van der Waals surface area (Å²) in [5, 5.41) is 71.7. The van der Waals surface area contributed by atoms with Crippen molar-refractivity contribution in [3.63, 3.8) is 0 Å². The van der Waals surface area contributed by atoms with Gasteiger partial charge in [0.25, 0.3) is 0 Å². The van der Waals surface area contributed by atoms with E-state index >= 15 is 9.59 Å². The molecule has 16 rings (SSSR count). The summed E-state index contributed by atoms with van der Waals surface area (Å²) < 4.78 is 7.15. The van der Waals surface area contributed by atoms with Crippen molar-refractivity contribution in [2.45, 2.75) is 224 Å². The standard InChI is InChI=1S/C80H109N3O8/c1-9-10-11-16-54-52-23-26-62(86)70(54)80-39-60-72-77(6,59-19-15-30-79(72,29-13-12-28-75(4,90)42-83-60)73(89)66(59)48-33-45(41-82-8)35-50(84)37-48)64(80)27-24-58-69(63(87)40-76(58,80)5)68-55(22-21-53-56-38-46(20-25-61(56)85)65(52)67(53)68)71(88)74-78(7,91-74)57-18-14-17-51(57)47-32-44(31-43(2)3)34-49(81)36-47/h15,19-23,25-26,32-37,43,46,51-57,59-62,64-68,70-72,74,82-86,88,90H,9-14,16-18,24,27-31,38-42,81H2,1-8H3/t46-,51-,52+,53+,54-,55+,56+,57+,59-,60-,61-,62+,64+,65+,66+,67+,68-,70+,71+,72+,74+,75+,76-,77-,78+,79-,80-/m0/s1. The number of hydrogen-bond donors (Lipinski definition) is 8. The maximum Gasteiger partial charge on any atom is 0.160 e. The van der Waals surface area contributed by atoms with Crippen molar-refractivity contribution >= 4 is 17.3 Å². The van der Waals surface area contributed by atoms with E-state index in [1.807, 2.05) is 26.1 Å². The number of fused-ring (bicyclic) bond motifs is 10. The third-order valence-corrected chi connectivity index (χ3v) is 29.0. The molecule has 0 radical (unpaired) electrons. The van der Waals surface area contributed by atoms with Gasteiger partial charge in [0.15, 0.2) is 5.78 Å². The number of rotatable bonds is 13. The Morgan fingerprint density at radius 3 is 2.42 bits per heavy atom. The molecule has 11 heteroatoms. The number of Topliss-reactive ketones (excluding diaryl/α,β-unsaturated/α-hetero) is 2.